The number of hydrogen-bond donors (Lipinski definition) is 0. The summed E-state index contributed by atoms with van der Waals surface area (Å²) in [5.74, 6) is 0.479. The molecule has 1 heterocycles. The van der Waals surface area contributed by atoms with Gasteiger partial charge in [-0.2, -0.15) is 0 Å². The van der Waals surface area contributed by atoms with Gasteiger partial charge >= 0.3 is 0 Å². The summed E-state index contributed by atoms with van der Waals surface area (Å²) in [4.78, 5) is 6.22. The zero-order valence-electron chi connectivity index (χ0n) is 9.40. The minimum absolute atomic E-state index is 0.319. The van der Waals surface area contributed by atoms with Crippen LogP contribution in [0.15, 0.2) is 18.5 Å². The summed E-state index contributed by atoms with van der Waals surface area (Å²) in [6, 6.07) is 2.29. The Labute approximate surface area is 96.0 Å². The number of methoxy groups -OCH3 is 1. The van der Waals surface area contributed by atoms with Crippen molar-refractivity contribution in [3.63, 3.8) is 0 Å². The molecule has 0 aliphatic rings. The van der Waals surface area contributed by atoms with Crippen LogP contribution in [0.4, 0.5) is 5.69 Å². The maximum Gasteiger partial charge on any atom is 0.0663 e. The Morgan fingerprint density at radius 1 is 1.60 bits per heavy atom. The van der Waals surface area contributed by atoms with Crippen LogP contribution in [-0.4, -0.2) is 31.8 Å². The topological polar surface area (TPSA) is 25.4 Å². The molecule has 1 rings (SSSR count). The smallest absolute Gasteiger partial charge is 0.0663 e. The van der Waals surface area contributed by atoms with Crippen LogP contribution in [0.3, 0.4) is 0 Å². The largest absolute Gasteiger partial charge is 0.383 e. The van der Waals surface area contributed by atoms with Crippen molar-refractivity contribution in [2.24, 2.45) is 0 Å². The van der Waals surface area contributed by atoms with Gasteiger partial charge in [-0.1, -0.05) is 0 Å². The van der Waals surface area contributed by atoms with E-state index in [0.29, 0.717) is 18.5 Å². The second-order valence-corrected chi connectivity index (χ2v) is 3.82. The number of anilines is 1. The number of ether oxygens (including phenoxy) is 1. The fraction of sp³-hybridized carbons (Fsp3) is 0.545. The van der Waals surface area contributed by atoms with E-state index >= 15 is 0 Å². The summed E-state index contributed by atoms with van der Waals surface area (Å²) in [6.07, 6.45) is 3.58. The molecule has 0 saturated carbocycles. The molecule has 0 spiro atoms. The first-order chi connectivity index (χ1) is 7.20. The summed E-state index contributed by atoms with van der Waals surface area (Å²) < 4.78 is 5.13. The minimum Gasteiger partial charge on any atom is -0.383 e. The molecular formula is C11H17ClN2O. The molecule has 0 amide bonds. The van der Waals surface area contributed by atoms with E-state index in [4.69, 9.17) is 16.3 Å². The molecular weight excluding hydrogens is 212 g/mol. The summed E-state index contributed by atoms with van der Waals surface area (Å²) >= 11 is 5.86. The molecule has 0 bridgehead atoms. The number of halogens is 1. The van der Waals surface area contributed by atoms with Crippen LogP contribution in [0.1, 0.15) is 12.5 Å². The lowest BCUT2D eigenvalue weighted by molar-refractivity contribution is 0.183. The van der Waals surface area contributed by atoms with Gasteiger partial charge < -0.3 is 9.64 Å². The highest BCUT2D eigenvalue weighted by Gasteiger charge is 2.12. The molecule has 0 N–H and O–H groups in total. The van der Waals surface area contributed by atoms with E-state index in [0.717, 1.165) is 11.3 Å². The van der Waals surface area contributed by atoms with Crippen molar-refractivity contribution in [1.29, 1.82) is 0 Å². The molecule has 0 saturated heterocycles. The van der Waals surface area contributed by atoms with Crippen molar-refractivity contribution in [3.05, 3.63) is 24.0 Å². The van der Waals surface area contributed by atoms with Crippen LogP contribution in [0.5, 0.6) is 0 Å². The minimum atomic E-state index is 0.319. The van der Waals surface area contributed by atoms with Crippen LogP contribution < -0.4 is 4.90 Å². The second kappa shape index (κ2) is 5.93. The lowest BCUT2D eigenvalue weighted by Gasteiger charge is -2.27. The number of likely N-dealkylation sites (N-methyl/N-ethyl adjacent to an activating group) is 1. The monoisotopic (exact) mass is 228 g/mol. The van der Waals surface area contributed by atoms with Crippen LogP contribution in [0.25, 0.3) is 0 Å². The van der Waals surface area contributed by atoms with E-state index in [2.05, 4.69) is 16.8 Å². The molecule has 0 aliphatic heterocycles. The van der Waals surface area contributed by atoms with E-state index in [1.807, 2.05) is 13.1 Å². The molecule has 0 aliphatic carbocycles. The Hall–Kier alpha value is -0.800. The van der Waals surface area contributed by atoms with Crippen LogP contribution in [-0.2, 0) is 10.6 Å². The third kappa shape index (κ3) is 3.08. The standard InChI is InChI=1S/C11H17ClN2O/c1-9(8-15-3)14(2)11-4-5-13-7-10(11)6-12/h4-5,7,9H,6,8H2,1-3H3. The summed E-state index contributed by atoms with van der Waals surface area (Å²) in [6.45, 7) is 2.81. The molecule has 1 aromatic heterocycles. The van der Waals surface area contributed by atoms with Crippen LogP contribution >= 0.6 is 11.6 Å². The van der Waals surface area contributed by atoms with Gasteiger partial charge in [-0.05, 0) is 13.0 Å². The van der Waals surface area contributed by atoms with Gasteiger partial charge in [0.2, 0.25) is 0 Å². The molecule has 0 aromatic carbocycles. The molecule has 1 unspecified atom stereocenters. The SMILES string of the molecule is COCC(C)N(C)c1ccncc1CCl. The number of pyridine rings is 1. The van der Waals surface area contributed by atoms with Gasteiger partial charge in [-0.15, -0.1) is 11.6 Å². The van der Waals surface area contributed by atoms with Gasteiger partial charge in [-0.25, -0.2) is 0 Å². The quantitative estimate of drug-likeness (QED) is 0.724. The Kier molecular flexibility index (Phi) is 4.85. The first-order valence-corrected chi connectivity index (χ1v) is 5.44. The summed E-state index contributed by atoms with van der Waals surface area (Å²) in [7, 11) is 3.74. The first-order valence-electron chi connectivity index (χ1n) is 4.91. The van der Waals surface area contributed by atoms with E-state index in [-0.39, 0.29) is 0 Å². The van der Waals surface area contributed by atoms with Gasteiger partial charge in [-0.3, -0.25) is 4.98 Å². The fourth-order valence-corrected chi connectivity index (χ4v) is 1.66. The summed E-state index contributed by atoms with van der Waals surface area (Å²) in [5, 5.41) is 0. The van der Waals surface area contributed by atoms with Crippen molar-refractivity contribution in [3.8, 4) is 0 Å². The Bertz CT molecular complexity index is 306. The highest BCUT2D eigenvalue weighted by Crippen LogP contribution is 2.21. The Morgan fingerprint density at radius 2 is 2.33 bits per heavy atom. The maximum atomic E-state index is 5.86. The zero-order valence-corrected chi connectivity index (χ0v) is 10.2. The predicted octanol–water partition coefficient (Wildman–Crippen LogP) is 2.29. The fourth-order valence-electron chi connectivity index (χ4n) is 1.46. The van der Waals surface area contributed by atoms with Crippen molar-refractivity contribution in [1.82, 2.24) is 4.98 Å². The molecule has 1 atom stereocenters. The number of hydrogen-bond acceptors (Lipinski definition) is 3. The zero-order chi connectivity index (χ0) is 11.3. The average molecular weight is 229 g/mol. The van der Waals surface area contributed by atoms with Gasteiger partial charge in [0.15, 0.2) is 0 Å². The maximum absolute atomic E-state index is 5.86. The molecule has 0 fully saturated rings. The second-order valence-electron chi connectivity index (χ2n) is 3.55. The number of rotatable bonds is 5. The molecule has 15 heavy (non-hydrogen) atoms. The van der Waals surface area contributed by atoms with E-state index in [9.17, 15) is 0 Å². The van der Waals surface area contributed by atoms with Crippen molar-refractivity contribution >= 4 is 17.3 Å². The lowest BCUT2D eigenvalue weighted by Crippen LogP contribution is -2.33. The van der Waals surface area contributed by atoms with E-state index < -0.39 is 0 Å². The molecule has 3 nitrogen and oxygen atoms in total. The number of aromatic nitrogens is 1. The third-order valence-corrected chi connectivity index (χ3v) is 2.76. The first kappa shape index (κ1) is 12.3. The molecule has 4 heteroatoms. The van der Waals surface area contributed by atoms with Gasteiger partial charge in [0.05, 0.1) is 12.5 Å². The number of alkyl halides is 1. The Morgan fingerprint density at radius 3 is 2.93 bits per heavy atom. The Balaban J connectivity index is 2.84. The molecule has 1 aromatic rings. The molecule has 84 valence electrons. The van der Waals surface area contributed by atoms with E-state index in [1.165, 1.54) is 0 Å². The van der Waals surface area contributed by atoms with Crippen molar-refractivity contribution < 1.29 is 4.74 Å². The van der Waals surface area contributed by atoms with Gasteiger partial charge in [0.25, 0.3) is 0 Å². The van der Waals surface area contributed by atoms with Gasteiger partial charge in [0, 0.05) is 43.8 Å². The van der Waals surface area contributed by atoms with Crippen molar-refractivity contribution in [2.75, 3.05) is 25.7 Å². The lowest BCUT2D eigenvalue weighted by atomic mass is 10.2. The predicted molar refractivity (Wildman–Crippen MR) is 63.5 cm³/mol. The van der Waals surface area contributed by atoms with Crippen molar-refractivity contribution in [2.45, 2.75) is 18.8 Å². The third-order valence-electron chi connectivity index (χ3n) is 2.47. The normalized spacial score (nSPS) is 12.5. The number of nitrogens with zero attached hydrogens (tertiary/aromatic N) is 2. The van der Waals surface area contributed by atoms with Gasteiger partial charge in [0.1, 0.15) is 0 Å². The van der Waals surface area contributed by atoms with E-state index in [1.54, 1.807) is 19.5 Å². The average Bonchev–Trinajstić information content (AvgIpc) is 2.28. The molecule has 0 radical (unpaired) electrons. The highest BCUT2D eigenvalue weighted by molar-refractivity contribution is 6.17. The van der Waals surface area contributed by atoms with Crippen LogP contribution in [0, 0.1) is 0 Å². The highest BCUT2D eigenvalue weighted by atomic mass is 35.5. The summed E-state index contributed by atoms with van der Waals surface area (Å²) in [5.41, 5.74) is 2.16. The van der Waals surface area contributed by atoms with Crippen LogP contribution in [0.2, 0.25) is 0 Å².